The first-order valence-electron chi connectivity index (χ1n) is 8.82. The van der Waals surface area contributed by atoms with E-state index in [0.717, 1.165) is 39.1 Å². The van der Waals surface area contributed by atoms with Crippen LogP contribution in [0.1, 0.15) is 52.9 Å². The summed E-state index contributed by atoms with van der Waals surface area (Å²) in [5.41, 5.74) is -0.0371. The zero-order chi connectivity index (χ0) is 15.3. The Morgan fingerprint density at radius 3 is 2.90 bits per heavy atom. The van der Waals surface area contributed by atoms with Crippen LogP contribution in [0.3, 0.4) is 0 Å². The predicted molar refractivity (Wildman–Crippen MR) is 86.5 cm³/mol. The highest BCUT2D eigenvalue weighted by Crippen LogP contribution is 2.38. The van der Waals surface area contributed by atoms with Crippen molar-refractivity contribution in [1.29, 1.82) is 0 Å². The first-order chi connectivity index (χ1) is 10.1. The van der Waals surface area contributed by atoms with Gasteiger partial charge in [0, 0.05) is 24.7 Å². The molecule has 3 unspecified atom stereocenters. The van der Waals surface area contributed by atoms with Crippen LogP contribution in [-0.2, 0) is 4.74 Å². The molecule has 0 spiro atoms. The van der Waals surface area contributed by atoms with E-state index in [4.69, 9.17) is 4.74 Å². The molecule has 0 radical (unpaired) electrons. The second-order valence-electron chi connectivity index (χ2n) is 7.19. The maximum Gasteiger partial charge on any atom is 0.0700 e. The van der Waals surface area contributed by atoms with E-state index < -0.39 is 0 Å². The first-order valence-corrected chi connectivity index (χ1v) is 8.82. The average Bonchev–Trinajstić information content (AvgIpc) is 2.87. The first kappa shape index (κ1) is 17.2. The Kier molecular flexibility index (Phi) is 6.48. The minimum Gasteiger partial charge on any atom is -0.394 e. The molecule has 1 saturated heterocycles. The number of aliphatic hydroxyl groups is 1. The smallest absolute Gasteiger partial charge is 0.0700 e. The van der Waals surface area contributed by atoms with E-state index in [-0.39, 0.29) is 12.1 Å². The molecule has 2 aliphatic rings. The summed E-state index contributed by atoms with van der Waals surface area (Å²) in [7, 11) is 0. The maximum absolute atomic E-state index is 9.96. The number of aliphatic hydroxyl groups excluding tert-OH is 1. The van der Waals surface area contributed by atoms with Crippen molar-refractivity contribution in [1.82, 2.24) is 10.2 Å². The molecule has 0 bridgehead atoms. The SMILES string of the molecule is CCC1CN(CCC2CCCC2(CO)NC(C)C)CCO1. The number of hydrogen-bond acceptors (Lipinski definition) is 4. The molecule has 1 heterocycles. The predicted octanol–water partition coefficient (Wildman–Crippen LogP) is 2.02. The number of nitrogens with zero attached hydrogens (tertiary/aromatic N) is 1. The van der Waals surface area contributed by atoms with Crippen molar-refractivity contribution in [3.63, 3.8) is 0 Å². The summed E-state index contributed by atoms with van der Waals surface area (Å²) < 4.78 is 5.75. The van der Waals surface area contributed by atoms with E-state index >= 15 is 0 Å². The molecule has 0 aromatic carbocycles. The van der Waals surface area contributed by atoms with Crippen LogP contribution in [0, 0.1) is 5.92 Å². The Hall–Kier alpha value is -0.160. The highest BCUT2D eigenvalue weighted by atomic mass is 16.5. The molecule has 124 valence electrons. The van der Waals surface area contributed by atoms with Crippen molar-refractivity contribution >= 4 is 0 Å². The van der Waals surface area contributed by atoms with Gasteiger partial charge >= 0.3 is 0 Å². The van der Waals surface area contributed by atoms with Gasteiger partial charge in [-0.25, -0.2) is 0 Å². The number of nitrogens with one attached hydrogen (secondary N) is 1. The van der Waals surface area contributed by atoms with Crippen LogP contribution in [0.25, 0.3) is 0 Å². The third-order valence-electron chi connectivity index (χ3n) is 5.29. The lowest BCUT2D eigenvalue weighted by Crippen LogP contribution is -2.54. The number of rotatable bonds is 7. The molecule has 1 aliphatic carbocycles. The van der Waals surface area contributed by atoms with E-state index in [2.05, 4.69) is 31.0 Å². The fraction of sp³-hybridized carbons (Fsp3) is 1.00. The summed E-state index contributed by atoms with van der Waals surface area (Å²) in [5.74, 6) is 0.604. The quantitative estimate of drug-likeness (QED) is 0.755. The number of morpholine rings is 1. The van der Waals surface area contributed by atoms with Gasteiger partial charge in [-0.15, -0.1) is 0 Å². The van der Waals surface area contributed by atoms with Gasteiger partial charge in [0.1, 0.15) is 0 Å². The lowest BCUT2D eigenvalue weighted by molar-refractivity contribution is -0.0324. The molecular formula is C17H34N2O2. The fourth-order valence-corrected chi connectivity index (χ4v) is 4.15. The molecule has 0 aromatic heterocycles. The molecule has 4 heteroatoms. The average molecular weight is 298 g/mol. The summed E-state index contributed by atoms with van der Waals surface area (Å²) in [6.45, 7) is 11.0. The third kappa shape index (κ3) is 4.41. The van der Waals surface area contributed by atoms with E-state index in [1.807, 2.05) is 0 Å². The van der Waals surface area contributed by atoms with Crippen LogP contribution in [0.15, 0.2) is 0 Å². The van der Waals surface area contributed by atoms with Crippen molar-refractivity contribution in [3.8, 4) is 0 Å². The standard InChI is InChI=1S/C17H34N2O2/c1-4-16-12-19(10-11-21-16)9-7-15-6-5-8-17(15,13-20)18-14(2)3/h14-16,18,20H,4-13H2,1-3H3. The van der Waals surface area contributed by atoms with Crippen molar-refractivity contribution in [2.45, 2.75) is 70.6 Å². The fourth-order valence-electron chi connectivity index (χ4n) is 4.15. The third-order valence-corrected chi connectivity index (χ3v) is 5.29. The Morgan fingerprint density at radius 1 is 1.43 bits per heavy atom. The molecular weight excluding hydrogens is 264 g/mol. The van der Waals surface area contributed by atoms with Crippen molar-refractivity contribution in [2.75, 3.05) is 32.8 Å². The zero-order valence-electron chi connectivity index (χ0n) is 14.1. The maximum atomic E-state index is 9.96. The van der Waals surface area contributed by atoms with Gasteiger partial charge in [0.2, 0.25) is 0 Å². The number of hydrogen-bond donors (Lipinski definition) is 2. The van der Waals surface area contributed by atoms with Crippen LogP contribution in [0.2, 0.25) is 0 Å². The zero-order valence-corrected chi connectivity index (χ0v) is 14.1. The molecule has 2 rings (SSSR count). The van der Waals surface area contributed by atoms with Crippen LogP contribution in [0.5, 0.6) is 0 Å². The molecule has 2 fully saturated rings. The van der Waals surface area contributed by atoms with Gasteiger partial charge in [-0.05, 0) is 38.1 Å². The summed E-state index contributed by atoms with van der Waals surface area (Å²) in [5, 5.41) is 13.6. The van der Waals surface area contributed by atoms with E-state index in [0.29, 0.717) is 18.1 Å². The molecule has 0 aromatic rings. The molecule has 21 heavy (non-hydrogen) atoms. The monoisotopic (exact) mass is 298 g/mol. The summed E-state index contributed by atoms with van der Waals surface area (Å²) >= 11 is 0. The van der Waals surface area contributed by atoms with Gasteiger partial charge < -0.3 is 15.2 Å². The highest BCUT2D eigenvalue weighted by molar-refractivity contribution is 5.00. The summed E-state index contributed by atoms with van der Waals surface area (Å²) in [6, 6.07) is 0.436. The van der Waals surface area contributed by atoms with E-state index in [1.54, 1.807) is 0 Å². The van der Waals surface area contributed by atoms with Gasteiger partial charge in [0.25, 0.3) is 0 Å². The van der Waals surface area contributed by atoms with Crippen molar-refractivity contribution < 1.29 is 9.84 Å². The van der Waals surface area contributed by atoms with Gasteiger partial charge in [0.15, 0.2) is 0 Å². The summed E-state index contributed by atoms with van der Waals surface area (Å²) in [4.78, 5) is 2.55. The minimum absolute atomic E-state index is 0.0371. The van der Waals surface area contributed by atoms with E-state index in [9.17, 15) is 5.11 Å². The Morgan fingerprint density at radius 2 is 2.24 bits per heavy atom. The normalized spacial score (nSPS) is 34.7. The Balaban J connectivity index is 1.86. The van der Waals surface area contributed by atoms with E-state index in [1.165, 1.54) is 19.3 Å². The Labute approximate surface area is 130 Å². The summed E-state index contributed by atoms with van der Waals surface area (Å²) in [6.07, 6.45) is 6.32. The molecule has 4 nitrogen and oxygen atoms in total. The molecule has 1 saturated carbocycles. The van der Waals surface area contributed by atoms with Crippen LogP contribution in [0.4, 0.5) is 0 Å². The molecule has 3 atom stereocenters. The molecule has 0 amide bonds. The second kappa shape index (κ2) is 7.91. The van der Waals surface area contributed by atoms with Crippen LogP contribution < -0.4 is 5.32 Å². The highest BCUT2D eigenvalue weighted by Gasteiger charge is 2.42. The van der Waals surface area contributed by atoms with Crippen LogP contribution >= 0.6 is 0 Å². The van der Waals surface area contributed by atoms with Gasteiger partial charge in [0.05, 0.1) is 19.3 Å². The number of ether oxygens (including phenoxy) is 1. The second-order valence-corrected chi connectivity index (χ2v) is 7.19. The minimum atomic E-state index is -0.0371. The molecule has 2 N–H and O–H groups in total. The topological polar surface area (TPSA) is 44.7 Å². The lowest BCUT2D eigenvalue weighted by atomic mass is 9.84. The van der Waals surface area contributed by atoms with Gasteiger partial charge in [-0.2, -0.15) is 0 Å². The largest absolute Gasteiger partial charge is 0.394 e. The van der Waals surface area contributed by atoms with Gasteiger partial charge in [-0.3, -0.25) is 4.90 Å². The van der Waals surface area contributed by atoms with Crippen LogP contribution in [-0.4, -0.2) is 60.5 Å². The Bertz CT molecular complexity index is 311. The lowest BCUT2D eigenvalue weighted by Gasteiger charge is -2.39. The van der Waals surface area contributed by atoms with Crippen molar-refractivity contribution in [2.24, 2.45) is 5.92 Å². The molecule has 1 aliphatic heterocycles. The van der Waals surface area contributed by atoms with Crippen molar-refractivity contribution in [3.05, 3.63) is 0 Å². The van der Waals surface area contributed by atoms with Gasteiger partial charge in [-0.1, -0.05) is 27.2 Å².